The molecule has 7 heteroatoms. The Hall–Kier alpha value is -2.34. The third-order valence-corrected chi connectivity index (χ3v) is 7.21. The Morgan fingerprint density at radius 1 is 1.18 bits per heavy atom. The molecule has 4 rings (SSSR count). The molecule has 1 aliphatic carbocycles. The lowest BCUT2D eigenvalue weighted by molar-refractivity contribution is -0.134. The second kappa shape index (κ2) is 9.13. The van der Waals surface area contributed by atoms with Gasteiger partial charge in [0.25, 0.3) is 5.91 Å². The minimum atomic E-state index is -1.06. The number of fused-ring (bicyclic) bond motifs is 1. The topological polar surface area (TPSA) is 67.2 Å². The summed E-state index contributed by atoms with van der Waals surface area (Å²) < 4.78 is 1.73. The Morgan fingerprint density at radius 2 is 1.88 bits per heavy atom. The predicted octanol–water partition coefficient (Wildman–Crippen LogP) is 5.09. The molecule has 1 saturated carbocycles. The number of hydrogen-bond donors (Lipinski definition) is 1. The number of halogens is 1. The summed E-state index contributed by atoms with van der Waals surface area (Å²) in [6, 6.07) is 9.50. The van der Waals surface area contributed by atoms with Crippen molar-refractivity contribution in [2.75, 3.05) is 0 Å². The smallest absolute Gasteiger partial charge is 0.273 e. The molecule has 33 heavy (non-hydrogen) atoms. The van der Waals surface area contributed by atoms with E-state index in [-0.39, 0.29) is 23.3 Å². The van der Waals surface area contributed by atoms with Gasteiger partial charge in [0.15, 0.2) is 0 Å². The highest BCUT2D eigenvalue weighted by molar-refractivity contribution is 6.30. The number of carbonyl (C=O) groups excluding carboxylic acids is 2. The summed E-state index contributed by atoms with van der Waals surface area (Å²) in [6.07, 6.45) is 6.68. The Kier molecular flexibility index (Phi) is 6.59. The van der Waals surface area contributed by atoms with Gasteiger partial charge in [-0.3, -0.25) is 14.3 Å². The first-order valence-electron chi connectivity index (χ1n) is 12.0. The lowest BCUT2D eigenvalue weighted by Gasteiger charge is -2.44. The Labute approximate surface area is 201 Å². The molecule has 1 N–H and O–H groups in total. The molecule has 1 fully saturated rings. The third kappa shape index (κ3) is 4.96. The summed E-state index contributed by atoms with van der Waals surface area (Å²) in [7, 11) is 0. The molecule has 2 heterocycles. The zero-order valence-corrected chi connectivity index (χ0v) is 20.9. The predicted molar refractivity (Wildman–Crippen MR) is 130 cm³/mol. The normalized spacial score (nSPS) is 22.1. The monoisotopic (exact) mass is 470 g/mol. The summed E-state index contributed by atoms with van der Waals surface area (Å²) in [5.74, 6) is -0.286. The van der Waals surface area contributed by atoms with Gasteiger partial charge in [0.2, 0.25) is 5.91 Å². The van der Waals surface area contributed by atoms with Gasteiger partial charge >= 0.3 is 0 Å². The van der Waals surface area contributed by atoms with Crippen molar-refractivity contribution in [3.05, 3.63) is 52.3 Å². The molecule has 178 valence electrons. The van der Waals surface area contributed by atoms with Gasteiger partial charge in [0.1, 0.15) is 11.2 Å². The van der Waals surface area contributed by atoms with E-state index in [4.69, 9.17) is 16.7 Å². The number of rotatable bonds is 4. The Balaban J connectivity index is 1.69. The average molecular weight is 471 g/mol. The molecular weight excluding hydrogens is 436 g/mol. The number of aromatic nitrogens is 2. The molecule has 1 atom stereocenters. The number of hydrogen-bond acceptors (Lipinski definition) is 3. The lowest BCUT2D eigenvalue weighted by atomic mass is 9.91. The number of amides is 2. The van der Waals surface area contributed by atoms with Gasteiger partial charge in [0.05, 0.1) is 12.2 Å². The van der Waals surface area contributed by atoms with Crippen molar-refractivity contribution in [2.45, 2.75) is 96.3 Å². The van der Waals surface area contributed by atoms with Crippen LogP contribution in [-0.2, 0) is 23.3 Å². The summed E-state index contributed by atoms with van der Waals surface area (Å²) in [6.45, 7) is 8.73. The van der Waals surface area contributed by atoms with Gasteiger partial charge in [-0.1, -0.05) is 70.2 Å². The Bertz CT molecular complexity index is 1030. The molecule has 0 spiro atoms. The van der Waals surface area contributed by atoms with Crippen molar-refractivity contribution in [3.63, 3.8) is 0 Å². The van der Waals surface area contributed by atoms with Crippen LogP contribution < -0.4 is 5.32 Å². The van der Waals surface area contributed by atoms with Crippen molar-refractivity contribution in [2.24, 2.45) is 0 Å². The molecular formula is C26H35ClN4O2. The SMILES string of the molecule is CC(C)(C)c1cc2n(n1)C[C@@](C)(C(=O)NC1CCCCCC1)N(Cc1cccc(Cl)c1)C2=O. The molecule has 1 aromatic heterocycles. The van der Waals surface area contributed by atoms with E-state index in [1.54, 1.807) is 9.58 Å². The third-order valence-electron chi connectivity index (χ3n) is 6.98. The van der Waals surface area contributed by atoms with E-state index in [1.807, 2.05) is 37.3 Å². The van der Waals surface area contributed by atoms with Crippen LogP contribution in [0.1, 0.15) is 88.0 Å². The molecule has 0 radical (unpaired) electrons. The van der Waals surface area contributed by atoms with E-state index in [2.05, 4.69) is 26.1 Å². The van der Waals surface area contributed by atoms with Gasteiger partial charge < -0.3 is 10.2 Å². The van der Waals surface area contributed by atoms with Gasteiger partial charge in [-0.05, 0) is 43.5 Å². The quantitative estimate of drug-likeness (QED) is 0.633. The van der Waals surface area contributed by atoms with Crippen LogP contribution in [0, 0.1) is 0 Å². The standard InChI is InChI=1S/C26H35ClN4O2/c1-25(2,3)22-15-21-23(32)30(16-18-10-9-11-19(27)14-18)26(4,17-31(21)29-22)24(33)28-20-12-7-5-6-8-13-20/h9-11,14-15,20H,5-8,12-13,16-17H2,1-4H3,(H,28,33)/t26-/m0/s1. The molecule has 0 saturated heterocycles. The summed E-state index contributed by atoms with van der Waals surface area (Å²) in [4.78, 5) is 29.2. The maximum atomic E-state index is 13.8. The van der Waals surface area contributed by atoms with Crippen LogP contribution in [0.2, 0.25) is 5.02 Å². The highest BCUT2D eigenvalue weighted by Crippen LogP contribution is 2.32. The van der Waals surface area contributed by atoms with Crippen molar-refractivity contribution in [1.29, 1.82) is 0 Å². The fraction of sp³-hybridized carbons (Fsp3) is 0.577. The maximum Gasteiger partial charge on any atom is 0.273 e. The number of carbonyl (C=O) groups is 2. The zero-order chi connectivity index (χ0) is 23.8. The zero-order valence-electron chi connectivity index (χ0n) is 20.2. The van der Waals surface area contributed by atoms with E-state index >= 15 is 0 Å². The van der Waals surface area contributed by atoms with Crippen LogP contribution in [-0.4, -0.2) is 38.1 Å². The summed E-state index contributed by atoms with van der Waals surface area (Å²) in [5.41, 5.74) is 1.03. The van der Waals surface area contributed by atoms with Gasteiger partial charge in [-0.25, -0.2) is 0 Å². The van der Waals surface area contributed by atoms with Crippen molar-refractivity contribution < 1.29 is 9.59 Å². The van der Waals surface area contributed by atoms with Crippen LogP contribution >= 0.6 is 11.6 Å². The van der Waals surface area contributed by atoms with Crippen molar-refractivity contribution in [3.8, 4) is 0 Å². The summed E-state index contributed by atoms with van der Waals surface area (Å²) in [5, 5.41) is 8.63. The first-order chi connectivity index (χ1) is 15.6. The molecule has 1 aliphatic heterocycles. The average Bonchev–Trinajstić information content (AvgIpc) is 3.01. The number of nitrogens with zero attached hydrogens (tertiary/aromatic N) is 3. The van der Waals surface area contributed by atoms with Crippen LogP contribution in [0.4, 0.5) is 0 Å². The van der Waals surface area contributed by atoms with Gasteiger partial charge in [-0.15, -0.1) is 0 Å². The van der Waals surface area contributed by atoms with E-state index in [0.29, 0.717) is 23.8 Å². The molecule has 2 aliphatic rings. The second-order valence-corrected chi connectivity index (χ2v) is 11.2. The molecule has 0 bridgehead atoms. The number of benzene rings is 1. The fourth-order valence-electron chi connectivity index (χ4n) is 4.84. The first kappa shape index (κ1) is 23.8. The lowest BCUT2D eigenvalue weighted by Crippen LogP contribution is -2.64. The first-order valence-corrected chi connectivity index (χ1v) is 12.4. The largest absolute Gasteiger partial charge is 0.351 e. The van der Waals surface area contributed by atoms with E-state index in [9.17, 15) is 9.59 Å². The summed E-state index contributed by atoms with van der Waals surface area (Å²) >= 11 is 6.21. The second-order valence-electron chi connectivity index (χ2n) is 10.8. The van der Waals surface area contributed by atoms with Crippen molar-refractivity contribution in [1.82, 2.24) is 20.0 Å². The molecule has 2 aromatic rings. The fourth-order valence-corrected chi connectivity index (χ4v) is 5.05. The highest BCUT2D eigenvalue weighted by atomic mass is 35.5. The van der Waals surface area contributed by atoms with E-state index in [1.165, 1.54) is 12.8 Å². The van der Waals surface area contributed by atoms with Gasteiger partial charge in [0, 0.05) is 23.0 Å². The minimum absolute atomic E-state index is 0.108. The van der Waals surface area contributed by atoms with Gasteiger partial charge in [-0.2, -0.15) is 5.10 Å². The van der Waals surface area contributed by atoms with E-state index < -0.39 is 5.54 Å². The highest BCUT2D eigenvalue weighted by Gasteiger charge is 2.48. The van der Waals surface area contributed by atoms with E-state index in [0.717, 1.165) is 36.9 Å². The maximum absolute atomic E-state index is 13.8. The van der Waals surface area contributed by atoms with Crippen LogP contribution in [0.15, 0.2) is 30.3 Å². The van der Waals surface area contributed by atoms with Crippen LogP contribution in [0.3, 0.4) is 0 Å². The van der Waals surface area contributed by atoms with Crippen LogP contribution in [0.25, 0.3) is 0 Å². The number of nitrogens with one attached hydrogen (secondary N) is 1. The van der Waals surface area contributed by atoms with Crippen LogP contribution in [0.5, 0.6) is 0 Å². The molecule has 1 aromatic carbocycles. The molecule has 0 unspecified atom stereocenters. The Morgan fingerprint density at radius 3 is 2.52 bits per heavy atom. The van der Waals surface area contributed by atoms with Crippen molar-refractivity contribution >= 4 is 23.4 Å². The molecule has 6 nitrogen and oxygen atoms in total. The minimum Gasteiger partial charge on any atom is -0.351 e. The molecule has 2 amide bonds.